The van der Waals surface area contributed by atoms with Crippen LogP contribution in [0.2, 0.25) is 0 Å². The van der Waals surface area contributed by atoms with E-state index in [0.29, 0.717) is 0 Å². The zero-order valence-corrected chi connectivity index (χ0v) is 9.75. The van der Waals surface area contributed by atoms with Crippen molar-refractivity contribution in [3.8, 4) is 5.75 Å². The van der Waals surface area contributed by atoms with Crippen molar-refractivity contribution >= 4 is 0 Å². The van der Waals surface area contributed by atoms with Crippen molar-refractivity contribution < 1.29 is 4.74 Å². The summed E-state index contributed by atoms with van der Waals surface area (Å²) in [6, 6.07) is 8.30. The molecule has 1 rings (SSSR count). The molecule has 0 aliphatic heterocycles. The average molecular weight is 207 g/mol. The molecule has 0 amide bonds. The van der Waals surface area contributed by atoms with Gasteiger partial charge in [0.1, 0.15) is 5.75 Å². The van der Waals surface area contributed by atoms with Crippen molar-refractivity contribution in [3.05, 3.63) is 29.8 Å². The Labute approximate surface area is 92.6 Å². The lowest BCUT2D eigenvalue weighted by atomic mass is 10.1. The minimum absolute atomic E-state index is 0.740. The molecular formula is C13H21NO. The summed E-state index contributed by atoms with van der Waals surface area (Å²) in [6.45, 7) is 7.03. The minimum Gasteiger partial charge on any atom is -0.494 e. The molecule has 0 radical (unpaired) electrons. The van der Waals surface area contributed by atoms with Gasteiger partial charge in [0.15, 0.2) is 0 Å². The van der Waals surface area contributed by atoms with E-state index >= 15 is 0 Å². The zero-order chi connectivity index (χ0) is 10.9. The fraction of sp³-hybridized carbons (Fsp3) is 0.538. The van der Waals surface area contributed by atoms with Crippen LogP contribution in [0.1, 0.15) is 25.8 Å². The van der Waals surface area contributed by atoms with E-state index < -0.39 is 0 Å². The third-order valence-electron chi connectivity index (χ3n) is 2.32. The predicted octanol–water partition coefficient (Wildman–Crippen LogP) is 2.63. The molecule has 0 saturated carbocycles. The molecule has 1 aromatic rings. The van der Waals surface area contributed by atoms with Crippen LogP contribution in [0.5, 0.6) is 5.75 Å². The van der Waals surface area contributed by atoms with Crippen LogP contribution in [-0.4, -0.2) is 19.7 Å². The number of para-hydroxylation sites is 1. The van der Waals surface area contributed by atoms with Crippen LogP contribution < -0.4 is 10.1 Å². The first-order valence-corrected chi connectivity index (χ1v) is 5.80. The third kappa shape index (κ3) is 4.34. The van der Waals surface area contributed by atoms with Crippen LogP contribution in [-0.2, 0) is 6.42 Å². The molecule has 0 aliphatic rings. The van der Waals surface area contributed by atoms with Gasteiger partial charge in [-0.15, -0.1) is 0 Å². The minimum atomic E-state index is 0.740. The van der Waals surface area contributed by atoms with Crippen LogP contribution in [0.25, 0.3) is 0 Å². The van der Waals surface area contributed by atoms with E-state index in [1.54, 1.807) is 0 Å². The summed E-state index contributed by atoms with van der Waals surface area (Å²) in [5, 5.41) is 3.33. The molecule has 0 atom stereocenters. The van der Waals surface area contributed by atoms with Crippen molar-refractivity contribution in [2.45, 2.75) is 26.7 Å². The smallest absolute Gasteiger partial charge is 0.122 e. The van der Waals surface area contributed by atoms with Crippen LogP contribution >= 0.6 is 0 Å². The van der Waals surface area contributed by atoms with Gasteiger partial charge in [0.25, 0.3) is 0 Å². The van der Waals surface area contributed by atoms with E-state index in [9.17, 15) is 0 Å². The molecule has 0 unspecified atom stereocenters. The van der Waals surface area contributed by atoms with Crippen molar-refractivity contribution in [2.24, 2.45) is 0 Å². The predicted molar refractivity (Wildman–Crippen MR) is 64.5 cm³/mol. The number of ether oxygens (including phenoxy) is 1. The van der Waals surface area contributed by atoms with Gasteiger partial charge < -0.3 is 10.1 Å². The molecule has 2 nitrogen and oxygen atoms in total. The normalized spacial score (nSPS) is 10.3. The van der Waals surface area contributed by atoms with E-state index in [4.69, 9.17) is 4.74 Å². The Kier molecular flexibility index (Phi) is 5.86. The van der Waals surface area contributed by atoms with Gasteiger partial charge in [-0.25, -0.2) is 0 Å². The molecule has 1 N–H and O–H groups in total. The molecule has 0 bridgehead atoms. The van der Waals surface area contributed by atoms with Gasteiger partial charge in [-0.2, -0.15) is 0 Å². The Hall–Kier alpha value is -1.02. The average Bonchev–Trinajstić information content (AvgIpc) is 2.27. The van der Waals surface area contributed by atoms with Crippen LogP contribution in [0.3, 0.4) is 0 Å². The van der Waals surface area contributed by atoms with E-state index in [2.05, 4.69) is 24.4 Å². The summed E-state index contributed by atoms with van der Waals surface area (Å²) in [6.07, 6.45) is 2.25. The molecule has 0 fully saturated rings. The number of nitrogens with one attached hydrogen (secondary N) is 1. The Bertz CT molecular complexity index is 273. The van der Waals surface area contributed by atoms with E-state index in [0.717, 1.165) is 38.3 Å². The van der Waals surface area contributed by atoms with Crippen LogP contribution in [0.15, 0.2) is 24.3 Å². The van der Waals surface area contributed by atoms with Crippen LogP contribution in [0.4, 0.5) is 0 Å². The number of hydrogen-bond donors (Lipinski definition) is 1. The van der Waals surface area contributed by atoms with Gasteiger partial charge in [0.2, 0.25) is 0 Å². The first-order valence-electron chi connectivity index (χ1n) is 5.80. The Balaban J connectivity index is 2.44. The number of aryl methyl sites for hydroxylation is 1. The lowest BCUT2D eigenvalue weighted by molar-refractivity contribution is 0.336. The zero-order valence-electron chi connectivity index (χ0n) is 9.75. The maximum atomic E-state index is 5.57. The first-order chi connectivity index (χ1) is 7.38. The monoisotopic (exact) mass is 207 g/mol. The van der Waals surface area contributed by atoms with Crippen molar-refractivity contribution in [3.63, 3.8) is 0 Å². The lowest BCUT2D eigenvalue weighted by Gasteiger charge is -2.09. The fourth-order valence-electron chi connectivity index (χ4n) is 1.59. The number of hydrogen-bond acceptors (Lipinski definition) is 2. The second kappa shape index (κ2) is 7.30. The molecule has 0 heterocycles. The van der Waals surface area contributed by atoms with Gasteiger partial charge >= 0.3 is 0 Å². The highest BCUT2D eigenvalue weighted by atomic mass is 16.5. The van der Waals surface area contributed by atoms with Crippen LogP contribution in [0, 0.1) is 0 Å². The molecular weight excluding hydrogens is 186 g/mol. The topological polar surface area (TPSA) is 21.3 Å². The second-order valence-corrected chi connectivity index (χ2v) is 3.50. The molecule has 2 heteroatoms. The summed E-state index contributed by atoms with van der Waals surface area (Å²) in [5.74, 6) is 1.04. The largest absolute Gasteiger partial charge is 0.494 e. The molecule has 84 valence electrons. The highest BCUT2D eigenvalue weighted by Crippen LogP contribution is 2.19. The van der Waals surface area contributed by atoms with E-state index in [-0.39, 0.29) is 0 Å². The summed E-state index contributed by atoms with van der Waals surface area (Å²) < 4.78 is 5.57. The Morgan fingerprint density at radius 3 is 2.73 bits per heavy atom. The fourth-order valence-corrected chi connectivity index (χ4v) is 1.59. The summed E-state index contributed by atoms with van der Waals surface area (Å²) in [5.41, 5.74) is 1.32. The van der Waals surface area contributed by atoms with Gasteiger partial charge in [0, 0.05) is 0 Å². The molecule has 15 heavy (non-hydrogen) atoms. The standard InChI is InChI=1S/C13H21NO/c1-3-14-11-7-9-12-8-5-6-10-13(12)15-4-2/h5-6,8,10,14H,3-4,7,9,11H2,1-2H3. The molecule has 1 aromatic carbocycles. The summed E-state index contributed by atoms with van der Waals surface area (Å²) in [4.78, 5) is 0. The highest BCUT2D eigenvalue weighted by Gasteiger charge is 2.01. The first kappa shape index (κ1) is 12.1. The molecule has 0 aliphatic carbocycles. The highest BCUT2D eigenvalue weighted by molar-refractivity contribution is 5.33. The second-order valence-electron chi connectivity index (χ2n) is 3.50. The summed E-state index contributed by atoms with van der Waals surface area (Å²) >= 11 is 0. The molecule has 0 spiro atoms. The molecule has 0 aromatic heterocycles. The lowest BCUT2D eigenvalue weighted by Crippen LogP contribution is -2.14. The maximum Gasteiger partial charge on any atom is 0.122 e. The quantitative estimate of drug-likeness (QED) is 0.694. The van der Waals surface area contributed by atoms with Crippen molar-refractivity contribution in [1.82, 2.24) is 5.32 Å². The van der Waals surface area contributed by atoms with Gasteiger partial charge in [-0.3, -0.25) is 0 Å². The molecule has 0 saturated heterocycles. The Morgan fingerprint density at radius 2 is 2.00 bits per heavy atom. The third-order valence-corrected chi connectivity index (χ3v) is 2.32. The van der Waals surface area contributed by atoms with E-state index in [1.165, 1.54) is 5.56 Å². The Morgan fingerprint density at radius 1 is 1.20 bits per heavy atom. The number of benzene rings is 1. The van der Waals surface area contributed by atoms with Crippen molar-refractivity contribution in [2.75, 3.05) is 19.7 Å². The maximum absolute atomic E-state index is 5.57. The van der Waals surface area contributed by atoms with Gasteiger partial charge in [-0.1, -0.05) is 25.1 Å². The van der Waals surface area contributed by atoms with Gasteiger partial charge in [0.05, 0.1) is 6.61 Å². The SMILES string of the molecule is CCNCCCc1ccccc1OCC. The van der Waals surface area contributed by atoms with Gasteiger partial charge in [-0.05, 0) is 44.5 Å². The van der Waals surface area contributed by atoms with E-state index in [1.807, 2.05) is 19.1 Å². The van der Waals surface area contributed by atoms with Crippen molar-refractivity contribution in [1.29, 1.82) is 0 Å². The summed E-state index contributed by atoms with van der Waals surface area (Å²) in [7, 11) is 0. The number of rotatable bonds is 7.